The number of hydrogen-bond acceptors (Lipinski definition) is 7. The van der Waals surface area contributed by atoms with Gasteiger partial charge in [-0.1, -0.05) is 36.4 Å². The third-order valence-electron chi connectivity index (χ3n) is 3.88. The molecule has 0 aromatic heterocycles. The van der Waals surface area contributed by atoms with Gasteiger partial charge in [0.1, 0.15) is 18.4 Å². The molecule has 144 valence electrons. The smallest absolute Gasteiger partial charge is 0.407 e. The number of aliphatic hydroxyl groups excluding tert-OH is 2. The molecule has 0 fully saturated rings. The molecular formula is C18H21N3O6. The summed E-state index contributed by atoms with van der Waals surface area (Å²) in [7, 11) is 0. The van der Waals surface area contributed by atoms with Gasteiger partial charge < -0.3 is 26.0 Å². The number of carbonyl (C=O) groups excluding carboxylic acids is 1. The number of benzene rings is 2. The van der Waals surface area contributed by atoms with E-state index < -0.39 is 23.2 Å². The molecular weight excluding hydrogens is 354 g/mol. The molecule has 2 rings (SSSR count). The second-order valence-electron chi connectivity index (χ2n) is 5.86. The van der Waals surface area contributed by atoms with Crippen LogP contribution in [0.5, 0.6) is 0 Å². The predicted molar refractivity (Wildman–Crippen MR) is 97.7 cm³/mol. The van der Waals surface area contributed by atoms with Crippen LogP contribution in [-0.2, 0) is 11.3 Å². The normalized spacial score (nSPS) is 12.8. The van der Waals surface area contributed by atoms with E-state index >= 15 is 0 Å². The monoisotopic (exact) mass is 375 g/mol. The van der Waals surface area contributed by atoms with E-state index in [0.717, 1.165) is 11.6 Å². The highest BCUT2D eigenvalue weighted by Gasteiger charge is 2.22. The molecule has 1 amide bonds. The van der Waals surface area contributed by atoms with Gasteiger partial charge in [-0.15, -0.1) is 0 Å². The number of ether oxygens (including phenoxy) is 1. The Balaban J connectivity index is 1.79. The van der Waals surface area contributed by atoms with Gasteiger partial charge in [0.15, 0.2) is 0 Å². The van der Waals surface area contributed by atoms with Crippen LogP contribution in [0.25, 0.3) is 0 Å². The topological polar surface area (TPSA) is 148 Å². The van der Waals surface area contributed by atoms with Crippen LogP contribution in [0.2, 0.25) is 0 Å². The molecule has 0 aliphatic heterocycles. The summed E-state index contributed by atoms with van der Waals surface area (Å²) in [6.07, 6.45) is -3.21. The molecule has 9 nitrogen and oxygen atoms in total. The first-order valence-corrected chi connectivity index (χ1v) is 8.23. The summed E-state index contributed by atoms with van der Waals surface area (Å²) in [5.74, 6) is 0. The Morgan fingerprint density at radius 2 is 1.93 bits per heavy atom. The van der Waals surface area contributed by atoms with E-state index in [1.165, 1.54) is 12.1 Å². The Morgan fingerprint density at radius 3 is 2.59 bits per heavy atom. The molecule has 2 unspecified atom stereocenters. The molecule has 0 heterocycles. The molecule has 0 radical (unpaired) electrons. The van der Waals surface area contributed by atoms with E-state index in [2.05, 4.69) is 5.32 Å². The molecule has 2 atom stereocenters. The summed E-state index contributed by atoms with van der Waals surface area (Å²) in [6.45, 7) is 0.176. The number of nitrogen functional groups attached to an aromatic ring is 1. The fourth-order valence-electron chi connectivity index (χ4n) is 2.38. The van der Waals surface area contributed by atoms with Gasteiger partial charge >= 0.3 is 6.09 Å². The van der Waals surface area contributed by atoms with Crippen LogP contribution in [0.3, 0.4) is 0 Å². The number of alkyl carbamates (subject to hydrolysis) is 1. The van der Waals surface area contributed by atoms with Gasteiger partial charge in [-0.25, -0.2) is 4.79 Å². The fraction of sp³-hybridized carbons (Fsp3) is 0.278. The third-order valence-corrected chi connectivity index (χ3v) is 3.88. The summed E-state index contributed by atoms with van der Waals surface area (Å²) in [6, 6.07) is 13.0. The molecule has 9 heteroatoms. The number of nitro benzene ring substituents is 1. The Kier molecular flexibility index (Phi) is 7.09. The lowest BCUT2D eigenvalue weighted by Crippen LogP contribution is -2.29. The van der Waals surface area contributed by atoms with Gasteiger partial charge in [-0.2, -0.15) is 0 Å². The minimum absolute atomic E-state index is 0.0276. The lowest BCUT2D eigenvalue weighted by molar-refractivity contribution is -0.384. The molecule has 0 saturated heterocycles. The highest BCUT2D eigenvalue weighted by molar-refractivity contribution is 5.67. The largest absolute Gasteiger partial charge is 0.445 e. The van der Waals surface area contributed by atoms with E-state index in [-0.39, 0.29) is 36.5 Å². The first kappa shape index (κ1) is 20.1. The highest BCUT2D eigenvalue weighted by Crippen LogP contribution is 2.27. The van der Waals surface area contributed by atoms with Crippen LogP contribution in [0.4, 0.5) is 16.2 Å². The average Bonchev–Trinajstić information content (AvgIpc) is 2.66. The quantitative estimate of drug-likeness (QED) is 0.313. The predicted octanol–water partition coefficient (Wildman–Crippen LogP) is 1.89. The molecule has 2 aromatic rings. The summed E-state index contributed by atoms with van der Waals surface area (Å²) in [5, 5.41) is 33.6. The molecule has 2 aromatic carbocycles. The second kappa shape index (κ2) is 9.51. The van der Waals surface area contributed by atoms with Crippen LogP contribution in [0.15, 0.2) is 48.5 Å². The van der Waals surface area contributed by atoms with Crippen molar-refractivity contribution < 1.29 is 24.7 Å². The molecule has 0 aliphatic carbocycles. The van der Waals surface area contributed by atoms with Crippen LogP contribution in [0, 0.1) is 10.1 Å². The maximum absolute atomic E-state index is 11.6. The maximum Gasteiger partial charge on any atom is 0.407 e. The lowest BCUT2D eigenvalue weighted by atomic mass is 10.0. The van der Waals surface area contributed by atoms with Crippen molar-refractivity contribution in [2.45, 2.75) is 25.2 Å². The summed E-state index contributed by atoms with van der Waals surface area (Å²) >= 11 is 0. The first-order valence-electron chi connectivity index (χ1n) is 8.23. The highest BCUT2D eigenvalue weighted by atomic mass is 16.6. The second-order valence-corrected chi connectivity index (χ2v) is 5.86. The zero-order chi connectivity index (χ0) is 19.8. The number of nitrogens with two attached hydrogens (primary N) is 1. The van der Waals surface area contributed by atoms with Crippen molar-refractivity contribution in [2.24, 2.45) is 0 Å². The van der Waals surface area contributed by atoms with Gasteiger partial charge in [0.2, 0.25) is 0 Å². The molecule has 27 heavy (non-hydrogen) atoms. The van der Waals surface area contributed by atoms with Crippen LogP contribution >= 0.6 is 0 Å². The van der Waals surface area contributed by atoms with Crippen molar-refractivity contribution in [3.05, 3.63) is 69.8 Å². The van der Waals surface area contributed by atoms with Crippen molar-refractivity contribution >= 4 is 17.5 Å². The summed E-state index contributed by atoms with van der Waals surface area (Å²) in [4.78, 5) is 21.9. The number of anilines is 1. The van der Waals surface area contributed by atoms with Crippen molar-refractivity contribution in [1.82, 2.24) is 5.32 Å². The number of rotatable bonds is 8. The van der Waals surface area contributed by atoms with E-state index in [0.29, 0.717) is 0 Å². The Bertz CT molecular complexity index is 784. The van der Waals surface area contributed by atoms with Crippen LogP contribution in [-0.4, -0.2) is 33.9 Å². The van der Waals surface area contributed by atoms with Crippen LogP contribution < -0.4 is 11.1 Å². The van der Waals surface area contributed by atoms with Crippen molar-refractivity contribution in [1.29, 1.82) is 0 Å². The first-order chi connectivity index (χ1) is 12.9. The van der Waals surface area contributed by atoms with Crippen molar-refractivity contribution in [3.63, 3.8) is 0 Å². The number of hydrogen-bond donors (Lipinski definition) is 4. The van der Waals surface area contributed by atoms with E-state index in [1.54, 1.807) is 0 Å². The lowest BCUT2D eigenvalue weighted by Gasteiger charge is -2.18. The van der Waals surface area contributed by atoms with E-state index in [9.17, 15) is 25.1 Å². The van der Waals surface area contributed by atoms with Crippen molar-refractivity contribution in [3.8, 4) is 0 Å². The number of nitrogens with zero attached hydrogens (tertiary/aromatic N) is 1. The fourth-order valence-corrected chi connectivity index (χ4v) is 2.38. The Morgan fingerprint density at radius 1 is 1.22 bits per heavy atom. The standard InChI is InChI=1S/C18H21N3O6/c19-14-7-6-13(10-15(14)21(25)26)17(23)16(22)8-9-20-18(24)27-11-12-4-2-1-3-5-12/h1-7,10,16-17,22-23H,8-9,11,19H2,(H,20,24). The minimum atomic E-state index is -1.36. The SMILES string of the molecule is Nc1ccc(C(O)C(O)CCNC(=O)OCc2ccccc2)cc1[N+](=O)[O-]. The molecule has 0 saturated carbocycles. The number of amides is 1. The zero-order valence-corrected chi connectivity index (χ0v) is 14.4. The number of nitrogens with one attached hydrogen (secondary N) is 1. The molecule has 0 aliphatic rings. The number of carbonyl (C=O) groups is 1. The van der Waals surface area contributed by atoms with E-state index in [1.807, 2.05) is 30.3 Å². The maximum atomic E-state index is 11.6. The number of nitro groups is 1. The number of aliphatic hydroxyl groups is 2. The van der Waals surface area contributed by atoms with Gasteiger partial charge in [-0.05, 0) is 23.6 Å². The Labute approximate surface area is 155 Å². The van der Waals surface area contributed by atoms with Gasteiger partial charge in [0.05, 0.1) is 11.0 Å². The van der Waals surface area contributed by atoms with Crippen LogP contribution in [0.1, 0.15) is 23.7 Å². The molecule has 0 bridgehead atoms. The third kappa shape index (κ3) is 5.94. The van der Waals surface area contributed by atoms with Gasteiger partial charge in [0.25, 0.3) is 5.69 Å². The summed E-state index contributed by atoms with van der Waals surface area (Å²) in [5.41, 5.74) is 6.13. The zero-order valence-electron chi connectivity index (χ0n) is 14.4. The average molecular weight is 375 g/mol. The Hall–Kier alpha value is -3.17. The van der Waals surface area contributed by atoms with Crippen molar-refractivity contribution in [2.75, 3.05) is 12.3 Å². The van der Waals surface area contributed by atoms with E-state index in [4.69, 9.17) is 10.5 Å². The minimum Gasteiger partial charge on any atom is -0.445 e. The molecule has 0 spiro atoms. The molecule has 5 N–H and O–H groups in total. The summed E-state index contributed by atoms with van der Waals surface area (Å²) < 4.78 is 5.03. The van der Waals surface area contributed by atoms with Gasteiger partial charge in [0, 0.05) is 12.6 Å². The van der Waals surface area contributed by atoms with Gasteiger partial charge in [-0.3, -0.25) is 10.1 Å².